The van der Waals surface area contributed by atoms with Crippen LogP contribution < -0.4 is 0 Å². The first kappa shape index (κ1) is 8.94. The first-order valence-electron chi connectivity index (χ1n) is 3.93. The van der Waals surface area contributed by atoms with Crippen molar-refractivity contribution in [1.82, 2.24) is 4.98 Å². The van der Waals surface area contributed by atoms with Crippen molar-refractivity contribution < 1.29 is 5.11 Å². The fraction of sp³-hybridized carbons (Fsp3) is 0.300. The molecule has 1 atom stereocenters. The highest BCUT2D eigenvalue weighted by molar-refractivity contribution is 5.18. The van der Waals surface area contributed by atoms with Gasteiger partial charge in [0.1, 0.15) is 0 Å². The number of hydrogen-bond donors (Lipinski definition) is 1. The van der Waals surface area contributed by atoms with E-state index in [1.54, 1.807) is 12.4 Å². The summed E-state index contributed by atoms with van der Waals surface area (Å²) in [6.07, 6.45) is 4.67. The van der Waals surface area contributed by atoms with E-state index in [2.05, 4.69) is 4.98 Å². The molecule has 0 bridgehead atoms. The van der Waals surface area contributed by atoms with Gasteiger partial charge < -0.3 is 5.11 Å². The van der Waals surface area contributed by atoms with Crippen LogP contribution in [0.5, 0.6) is 0 Å². The van der Waals surface area contributed by atoms with Gasteiger partial charge in [0.2, 0.25) is 0 Å². The maximum Gasteiger partial charge on any atom is 0.0975 e. The van der Waals surface area contributed by atoms with Gasteiger partial charge in [0.15, 0.2) is 0 Å². The van der Waals surface area contributed by atoms with Gasteiger partial charge in [-0.05, 0) is 31.5 Å². The molecule has 0 saturated carbocycles. The SMILES string of the molecule is CC(C)=CC(O)c1ccncc1. The summed E-state index contributed by atoms with van der Waals surface area (Å²) in [5.41, 5.74) is 1.99. The lowest BCUT2D eigenvalue weighted by Gasteiger charge is -2.05. The third kappa shape index (κ3) is 2.47. The zero-order valence-electron chi connectivity index (χ0n) is 7.36. The Balaban J connectivity index is 2.79. The molecule has 1 heterocycles. The number of aromatic nitrogens is 1. The number of pyridine rings is 1. The molecule has 1 unspecified atom stereocenters. The zero-order valence-corrected chi connectivity index (χ0v) is 7.36. The summed E-state index contributed by atoms with van der Waals surface area (Å²) in [5, 5.41) is 9.59. The first-order valence-corrected chi connectivity index (χ1v) is 3.93. The molecule has 64 valence electrons. The van der Waals surface area contributed by atoms with E-state index in [0.717, 1.165) is 11.1 Å². The average molecular weight is 163 g/mol. The molecule has 0 spiro atoms. The van der Waals surface area contributed by atoms with Crippen molar-refractivity contribution in [2.24, 2.45) is 0 Å². The Morgan fingerprint density at radius 3 is 2.50 bits per heavy atom. The van der Waals surface area contributed by atoms with Gasteiger partial charge in [-0.2, -0.15) is 0 Å². The summed E-state index contributed by atoms with van der Waals surface area (Å²) < 4.78 is 0. The van der Waals surface area contributed by atoms with Crippen LogP contribution in [0.25, 0.3) is 0 Å². The molecule has 0 fully saturated rings. The number of nitrogens with zero attached hydrogens (tertiary/aromatic N) is 1. The van der Waals surface area contributed by atoms with Gasteiger partial charge in [0.05, 0.1) is 6.10 Å². The third-order valence-corrected chi connectivity index (χ3v) is 1.54. The molecule has 1 aromatic heterocycles. The molecular weight excluding hydrogens is 150 g/mol. The number of hydrogen-bond acceptors (Lipinski definition) is 2. The number of aliphatic hydroxyl groups excluding tert-OH is 1. The van der Waals surface area contributed by atoms with E-state index in [0.29, 0.717) is 0 Å². The standard InChI is InChI=1S/C10H13NO/c1-8(2)7-10(12)9-3-5-11-6-4-9/h3-7,10,12H,1-2H3. The van der Waals surface area contributed by atoms with Gasteiger partial charge >= 0.3 is 0 Å². The Hall–Kier alpha value is -1.15. The van der Waals surface area contributed by atoms with Crippen LogP contribution in [-0.2, 0) is 0 Å². The molecule has 0 aromatic carbocycles. The van der Waals surface area contributed by atoms with Crippen LogP contribution in [0, 0.1) is 0 Å². The van der Waals surface area contributed by atoms with Crippen molar-refractivity contribution in [3.8, 4) is 0 Å². The smallest absolute Gasteiger partial charge is 0.0975 e. The fourth-order valence-electron chi connectivity index (χ4n) is 0.973. The largest absolute Gasteiger partial charge is 0.384 e. The quantitative estimate of drug-likeness (QED) is 0.677. The predicted molar refractivity (Wildman–Crippen MR) is 48.6 cm³/mol. The highest BCUT2D eigenvalue weighted by Crippen LogP contribution is 2.13. The van der Waals surface area contributed by atoms with Crippen molar-refractivity contribution in [3.63, 3.8) is 0 Å². The lowest BCUT2D eigenvalue weighted by Crippen LogP contribution is -1.93. The Bertz CT molecular complexity index is 262. The second-order valence-electron chi connectivity index (χ2n) is 2.97. The fourth-order valence-corrected chi connectivity index (χ4v) is 0.973. The lowest BCUT2D eigenvalue weighted by atomic mass is 10.1. The van der Waals surface area contributed by atoms with Crippen LogP contribution >= 0.6 is 0 Å². The number of rotatable bonds is 2. The van der Waals surface area contributed by atoms with Gasteiger partial charge in [0.25, 0.3) is 0 Å². The Kier molecular flexibility index (Phi) is 3.00. The Morgan fingerprint density at radius 1 is 1.42 bits per heavy atom. The lowest BCUT2D eigenvalue weighted by molar-refractivity contribution is 0.227. The van der Waals surface area contributed by atoms with Crippen LogP contribution in [0.4, 0.5) is 0 Å². The molecule has 0 saturated heterocycles. The van der Waals surface area contributed by atoms with Gasteiger partial charge in [0, 0.05) is 12.4 Å². The van der Waals surface area contributed by atoms with E-state index >= 15 is 0 Å². The van der Waals surface area contributed by atoms with Gasteiger partial charge in [-0.3, -0.25) is 4.98 Å². The van der Waals surface area contributed by atoms with Gasteiger partial charge in [-0.25, -0.2) is 0 Å². The van der Waals surface area contributed by atoms with Crippen molar-refractivity contribution in [1.29, 1.82) is 0 Å². The monoisotopic (exact) mass is 163 g/mol. The summed E-state index contributed by atoms with van der Waals surface area (Å²) in [4.78, 5) is 3.88. The average Bonchev–Trinajstić information content (AvgIpc) is 2.05. The first-order chi connectivity index (χ1) is 5.70. The number of allylic oxidation sites excluding steroid dienone is 1. The maximum atomic E-state index is 9.59. The highest BCUT2D eigenvalue weighted by Gasteiger charge is 2.01. The molecule has 0 radical (unpaired) electrons. The molecule has 2 nitrogen and oxygen atoms in total. The van der Waals surface area contributed by atoms with E-state index < -0.39 is 6.10 Å². The van der Waals surface area contributed by atoms with Crippen LogP contribution in [0.2, 0.25) is 0 Å². The maximum absolute atomic E-state index is 9.59. The summed E-state index contributed by atoms with van der Waals surface area (Å²) in [5.74, 6) is 0. The van der Waals surface area contributed by atoms with Crippen molar-refractivity contribution in [3.05, 3.63) is 41.7 Å². The molecule has 0 amide bonds. The molecule has 12 heavy (non-hydrogen) atoms. The molecule has 0 aliphatic rings. The topological polar surface area (TPSA) is 33.1 Å². The molecule has 1 N–H and O–H groups in total. The normalized spacial score (nSPS) is 12.2. The molecule has 2 heteroatoms. The summed E-state index contributed by atoms with van der Waals surface area (Å²) in [7, 11) is 0. The minimum Gasteiger partial charge on any atom is -0.384 e. The van der Waals surface area contributed by atoms with Gasteiger partial charge in [-0.1, -0.05) is 11.6 Å². The van der Waals surface area contributed by atoms with E-state index in [1.807, 2.05) is 32.1 Å². The van der Waals surface area contributed by atoms with Crippen molar-refractivity contribution in [2.75, 3.05) is 0 Å². The molecule has 0 aliphatic heterocycles. The Morgan fingerprint density at radius 2 is 2.00 bits per heavy atom. The highest BCUT2D eigenvalue weighted by atomic mass is 16.3. The molecule has 0 aliphatic carbocycles. The minimum absolute atomic E-state index is 0.502. The molecular formula is C10H13NO. The van der Waals surface area contributed by atoms with Crippen molar-refractivity contribution >= 4 is 0 Å². The van der Waals surface area contributed by atoms with Gasteiger partial charge in [-0.15, -0.1) is 0 Å². The van der Waals surface area contributed by atoms with E-state index in [-0.39, 0.29) is 0 Å². The molecule has 1 aromatic rings. The Labute approximate surface area is 72.6 Å². The minimum atomic E-state index is -0.502. The second-order valence-corrected chi connectivity index (χ2v) is 2.97. The zero-order chi connectivity index (χ0) is 8.97. The summed E-state index contributed by atoms with van der Waals surface area (Å²) >= 11 is 0. The van der Waals surface area contributed by atoms with Crippen LogP contribution in [0.15, 0.2) is 36.2 Å². The van der Waals surface area contributed by atoms with E-state index in [1.165, 1.54) is 0 Å². The summed E-state index contributed by atoms with van der Waals surface area (Å²) in [6, 6.07) is 3.62. The van der Waals surface area contributed by atoms with Crippen LogP contribution in [0.1, 0.15) is 25.5 Å². The summed E-state index contributed by atoms with van der Waals surface area (Å²) in [6.45, 7) is 3.93. The predicted octanol–water partition coefficient (Wildman–Crippen LogP) is 2.08. The third-order valence-electron chi connectivity index (χ3n) is 1.54. The molecule has 1 rings (SSSR count). The second kappa shape index (κ2) is 4.02. The van der Waals surface area contributed by atoms with Crippen LogP contribution in [-0.4, -0.2) is 10.1 Å². The van der Waals surface area contributed by atoms with E-state index in [9.17, 15) is 5.11 Å². The number of aliphatic hydroxyl groups is 1. The van der Waals surface area contributed by atoms with E-state index in [4.69, 9.17) is 0 Å². The van der Waals surface area contributed by atoms with Crippen LogP contribution in [0.3, 0.4) is 0 Å². The van der Waals surface area contributed by atoms with Crippen molar-refractivity contribution in [2.45, 2.75) is 20.0 Å².